The van der Waals surface area contributed by atoms with E-state index >= 15 is 0 Å². The van der Waals surface area contributed by atoms with Crippen molar-refractivity contribution in [2.75, 3.05) is 4.90 Å². The van der Waals surface area contributed by atoms with Crippen LogP contribution in [0.1, 0.15) is 0 Å². The minimum atomic E-state index is 1.10. The first kappa shape index (κ1) is 34.5. The predicted octanol–water partition coefficient (Wildman–Crippen LogP) is 16.4. The Hall–Kier alpha value is -7.74. The second kappa shape index (κ2) is 14.6. The minimum Gasteiger partial charge on any atom is -0.310 e. The van der Waals surface area contributed by atoms with Crippen LogP contribution in [0.5, 0.6) is 0 Å². The third-order valence-corrected chi connectivity index (χ3v) is 11.8. The molecule has 0 aromatic heterocycles. The Morgan fingerprint density at radius 2 is 0.678 bits per heavy atom. The first-order chi connectivity index (χ1) is 29.2. The highest BCUT2D eigenvalue weighted by atomic mass is 15.1. The number of fused-ring (bicyclic) bond motifs is 5. The molecular weight excluding hydrogens is 711 g/mol. The molecule has 0 spiro atoms. The van der Waals surface area contributed by atoms with E-state index in [0.717, 1.165) is 17.1 Å². The summed E-state index contributed by atoms with van der Waals surface area (Å²) in [5.41, 5.74) is 12.9. The smallest absolute Gasteiger partial charge is 0.0468 e. The molecule has 0 aliphatic rings. The maximum absolute atomic E-state index is 2.40. The van der Waals surface area contributed by atoms with Crippen molar-refractivity contribution < 1.29 is 0 Å². The van der Waals surface area contributed by atoms with Crippen molar-refractivity contribution >= 4 is 60.2 Å². The number of benzene rings is 11. The van der Waals surface area contributed by atoms with E-state index in [1.54, 1.807) is 0 Å². The van der Waals surface area contributed by atoms with Crippen molar-refractivity contribution in [3.05, 3.63) is 237 Å². The van der Waals surface area contributed by atoms with Crippen LogP contribution in [0.3, 0.4) is 0 Å². The van der Waals surface area contributed by atoms with Crippen LogP contribution in [0.2, 0.25) is 0 Å². The first-order valence-corrected chi connectivity index (χ1v) is 20.3. The summed E-state index contributed by atoms with van der Waals surface area (Å²) in [6.07, 6.45) is 0. The number of hydrogen-bond acceptors (Lipinski definition) is 1. The van der Waals surface area contributed by atoms with Gasteiger partial charge in [-0.3, -0.25) is 0 Å². The van der Waals surface area contributed by atoms with Crippen LogP contribution >= 0.6 is 0 Å². The maximum atomic E-state index is 2.40. The summed E-state index contributed by atoms with van der Waals surface area (Å²) in [6.45, 7) is 0. The fourth-order valence-corrected chi connectivity index (χ4v) is 8.84. The minimum absolute atomic E-state index is 1.10. The lowest BCUT2D eigenvalue weighted by molar-refractivity contribution is 1.29. The molecule has 276 valence electrons. The van der Waals surface area contributed by atoms with Crippen LogP contribution in [0.15, 0.2) is 237 Å². The Morgan fingerprint density at radius 1 is 0.203 bits per heavy atom. The summed E-state index contributed by atoms with van der Waals surface area (Å²) < 4.78 is 0. The molecule has 1 heteroatoms. The van der Waals surface area contributed by atoms with Gasteiger partial charge in [-0.25, -0.2) is 0 Å². The van der Waals surface area contributed by atoms with Gasteiger partial charge in [0.25, 0.3) is 0 Å². The highest BCUT2D eigenvalue weighted by Crippen LogP contribution is 2.43. The molecule has 11 aromatic carbocycles. The molecule has 0 aliphatic heterocycles. The van der Waals surface area contributed by atoms with Gasteiger partial charge in [0, 0.05) is 17.1 Å². The first-order valence-electron chi connectivity index (χ1n) is 20.3. The van der Waals surface area contributed by atoms with Crippen molar-refractivity contribution in [2.24, 2.45) is 0 Å². The third-order valence-electron chi connectivity index (χ3n) is 11.8. The fourth-order valence-electron chi connectivity index (χ4n) is 8.84. The molecule has 1 nitrogen and oxygen atoms in total. The second-order valence-corrected chi connectivity index (χ2v) is 15.3. The van der Waals surface area contributed by atoms with Gasteiger partial charge in [0.05, 0.1) is 0 Å². The molecular formula is C58H39N. The van der Waals surface area contributed by atoms with Crippen molar-refractivity contribution in [1.82, 2.24) is 0 Å². The molecule has 0 radical (unpaired) electrons. The lowest BCUT2D eigenvalue weighted by Gasteiger charge is -2.27. The van der Waals surface area contributed by atoms with Gasteiger partial charge in [-0.05, 0) is 136 Å². The summed E-state index contributed by atoms with van der Waals surface area (Å²) in [5, 5.41) is 10.0. The molecule has 11 rings (SSSR count). The van der Waals surface area contributed by atoms with Crippen molar-refractivity contribution in [3.8, 4) is 44.5 Å². The zero-order valence-electron chi connectivity index (χ0n) is 32.5. The van der Waals surface area contributed by atoms with E-state index in [1.165, 1.54) is 87.6 Å². The lowest BCUT2D eigenvalue weighted by atomic mass is 9.92. The van der Waals surface area contributed by atoms with E-state index in [0.29, 0.717) is 0 Å². The van der Waals surface area contributed by atoms with Crippen LogP contribution in [0.25, 0.3) is 87.6 Å². The average molecular weight is 750 g/mol. The van der Waals surface area contributed by atoms with Gasteiger partial charge in [-0.15, -0.1) is 0 Å². The van der Waals surface area contributed by atoms with Gasteiger partial charge >= 0.3 is 0 Å². The van der Waals surface area contributed by atoms with Crippen LogP contribution < -0.4 is 4.90 Å². The molecule has 0 heterocycles. The van der Waals surface area contributed by atoms with Crippen LogP contribution in [-0.2, 0) is 0 Å². The quantitative estimate of drug-likeness (QED) is 0.147. The standard InChI is InChI=1S/C58H39N/c1-2-14-43(15-3-1)58-39-52(34-35-54(58)44-25-22-42(23-26-44)48-27-24-40-12-4-6-16-46(40)36-48)59(51-33-28-41-13-5-7-17-47(41)37-51)50-31-29-45(30-32-50)57-38-49-18-8-9-19-53(49)55-20-10-11-21-56(55)57/h1-39H. The summed E-state index contributed by atoms with van der Waals surface area (Å²) in [7, 11) is 0. The molecule has 0 bridgehead atoms. The van der Waals surface area contributed by atoms with Crippen LogP contribution in [0.4, 0.5) is 17.1 Å². The monoisotopic (exact) mass is 749 g/mol. The SMILES string of the molecule is c1ccc(-c2cc(N(c3ccc(-c4cc5ccccc5c5ccccc45)cc3)c3ccc4ccccc4c3)ccc2-c2ccc(-c3ccc4ccccc4c3)cc2)cc1. The number of hydrogen-bond donors (Lipinski definition) is 0. The molecule has 11 aromatic rings. The zero-order valence-corrected chi connectivity index (χ0v) is 32.5. The summed E-state index contributed by atoms with van der Waals surface area (Å²) >= 11 is 0. The third kappa shape index (κ3) is 6.40. The second-order valence-electron chi connectivity index (χ2n) is 15.3. The summed E-state index contributed by atoms with van der Waals surface area (Å²) in [5.74, 6) is 0. The molecule has 59 heavy (non-hydrogen) atoms. The lowest BCUT2D eigenvalue weighted by Crippen LogP contribution is -2.10. The molecule has 0 unspecified atom stereocenters. The van der Waals surface area contributed by atoms with E-state index in [4.69, 9.17) is 0 Å². The van der Waals surface area contributed by atoms with E-state index in [-0.39, 0.29) is 0 Å². The van der Waals surface area contributed by atoms with E-state index in [1.807, 2.05) is 0 Å². The Kier molecular flexibility index (Phi) is 8.56. The van der Waals surface area contributed by atoms with Crippen molar-refractivity contribution in [1.29, 1.82) is 0 Å². The average Bonchev–Trinajstić information content (AvgIpc) is 3.32. The topological polar surface area (TPSA) is 3.24 Å². The normalized spacial score (nSPS) is 11.4. The van der Waals surface area contributed by atoms with Crippen LogP contribution in [-0.4, -0.2) is 0 Å². The fraction of sp³-hybridized carbons (Fsp3) is 0. The Labute approximate surface area is 344 Å². The van der Waals surface area contributed by atoms with Crippen molar-refractivity contribution in [2.45, 2.75) is 0 Å². The van der Waals surface area contributed by atoms with E-state index < -0.39 is 0 Å². The van der Waals surface area contributed by atoms with Gasteiger partial charge in [0.2, 0.25) is 0 Å². The Bertz CT molecular complexity index is 3310. The van der Waals surface area contributed by atoms with Gasteiger partial charge in [-0.1, -0.05) is 188 Å². The van der Waals surface area contributed by atoms with E-state index in [2.05, 4.69) is 241 Å². The largest absolute Gasteiger partial charge is 0.310 e. The molecule has 0 amide bonds. The Balaban J connectivity index is 1.03. The predicted molar refractivity (Wildman–Crippen MR) is 253 cm³/mol. The molecule has 0 atom stereocenters. The summed E-state index contributed by atoms with van der Waals surface area (Å²) in [6, 6.07) is 86.3. The van der Waals surface area contributed by atoms with E-state index in [9.17, 15) is 0 Å². The van der Waals surface area contributed by atoms with Gasteiger partial charge in [-0.2, -0.15) is 0 Å². The zero-order chi connectivity index (χ0) is 39.1. The number of anilines is 3. The molecule has 0 N–H and O–H groups in total. The molecule has 0 saturated carbocycles. The van der Waals surface area contributed by atoms with Gasteiger partial charge in [0.1, 0.15) is 0 Å². The number of rotatable bonds is 7. The van der Waals surface area contributed by atoms with Gasteiger partial charge in [0.15, 0.2) is 0 Å². The highest BCUT2D eigenvalue weighted by Gasteiger charge is 2.18. The van der Waals surface area contributed by atoms with Crippen molar-refractivity contribution in [3.63, 3.8) is 0 Å². The highest BCUT2D eigenvalue weighted by molar-refractivity contribution is 6.13. The maximum Gasteiger partial charge on any atom is 0.0468 e. The Morgan fingerprint density at radius 3 is 1.42 bits per heavy atom. The molecule has 0 saturated heterocycles. The molecule has 0 aliphatic carbocycles. The van der Waals surface area contributed by atoms with Crippen LogP contribution in [0, 0.1) is 0 Å². The molecule has 0 fully saturated rings. The van der Waals surface area contributed by atoms with Gasteiger partial charge < -0.3 is 4.90 Å². The summed E-state index contributed by atoms with van der Waals surface area (Å²) in [4.78, 5) is 2.40. The number of nitrogens with zero attached hydrogens (tertiary/aromatic N) is 1.